The van der Waals surface area contributed by atoms with Gasteiger partial charge in [-0.15, -0.1) is 0 Å². The topological polar surface area (TPSA) is 47.8 Å². The molecule has 0 saturated heterocycles. The Morgan fingerprint density at radius 1 is 1.00 bits per heavy atom. The van der Waals surface area contributed by atoms with Crippen LogP contribution in [-0.4, -0.2) is 14.5 Å². The number of fused-ring (bicyclic) bond motifs is 1. The standard InChI is InChI=1S/C17H17N3O/c1-11(2)20-16-14(10-9-12(3)18-16)15(19-17(20)21)13-7-5-4-6-8-13/h4-11H,1-3H3. The Bertz CT molecular complexity index is 851. The zero-order valence-corrected chi connectivity index (χ0v) is 12.4. The van der Waals surface area contributed by atoms with E-state index in [1.807, 2.05) is 63.2 Å². The summed E-state index contributed by atoms with van der Waals surface area (Å²) >= 11 is 0. The summed E-state index contributed by atoms with van der Waals surface area (Å²) in [5, 5.41) is 0.903. The number of aromatic nitrogens is 3. The molecule has 2 heterocycles. The van der Waals surface area contributed by atoms with Gasteiger partial charge in [0, 0.05) is 22.7 Å². The van der Waals surface area contributed by atoms with Crippen LogP contribution in [-0.2, 0) is 0 Å². The molecule has 0 spiro atoms. The molecule has 0 radical (unpaired) electrons. The van der Waals surface area contributed by atoms with Crippen molar-refractivity contribution in [1.82, 2.24) is 14.5 Å². The second-order valence-corrected chi connectivity index (χ2v) is 5.40. The van der Waals surface area contributed by atoms with Crippen LogP contribution in [0.4, 0.5) is 0 Å². The SMILES string of the molecule is Cc1ccc2c(-c3ccccc3)nc(=O)n(C(C)C)c2n1. The first-order valence-corrected chi connectivity index (χ1v) is 7.03. The third kappa shape index (κ3) is 2.33. The highest BCUT2D eigenvalue weighted by Gasteiger charge is 2.14. The molecule has 0 N–H and O–H groups in total. The highest BCUT2D eigenvalue weighted by Crippen LogP contribution is 2.25. The molecule has 0 unspecified atom stereocenters. The highest BCUT2D eigenvalue weighted by molar-refractivity contribution is 5.90. The number of hydrogen-bond acceptors (Lipinski definition) is 3. The third-order valence-electron chi connectivity index (χ3n) is 3.47. The molecule has 3 rings (SSSR count). The molecule has 0 amide bonds. The van der Waals surface area contributed by atoms with Crippen LogP contribution in [0, 0.1) is 6.92 Å². The molecule has 0 saturated carbocycles. The fourth-order valence-corrected chi connectivity index (χ4v) is 2.49. The van der Waals surface area contributed by atoms with Crippen molar-refractivity contribution in [3.05, 3.63) is 58.6 Å². The van der Waals surface area contributed by atoms with E-state index < -0.39 is 0 Å². The fourth-order valence-electron chi connectivity index (χ4n) is 2.49. The first kappa shape index (κ1) is 13.5. The van der Waals surface area contributed by atoms with Gasteiger partial charge in [-0.1, -0.05) is 30.3 Å². The van der Waals surface area contributed by atoms with Gasteiger partial charge in [0.05, 0.1) is 5.69 Å². The summed E-state index contributed by atoms with van der Waals surface area (Å²) in [6.07, 6.45) is 0. The summed E-state index contributed by atoms with van der Waals surface area (Å²) in [5.74, 6) is 0. The van der Waals surface area contributed by atoms with Crippen LogP contribution >= 0.6 is 0 Å². The van der Waals surface area contributed by atoms with Crippen LogP contribution in [0.1, 0.15) is 25.6 Å². The van der Waals surface area contributed by atoms with Gasteiger partial charge in [-0.05, 0) is 32.9 Å². The summed E-state index contributed by atoms with van der Waals surface area (Å²) in [7, 11) is 0. The molecule has 0 aliphatic heterocycles. The lowest BCUT2D eigenvalue weighted by atomic mass is 10.1. The van der Waals surface area contributed by atoms with Gasteiger partial charge in [0.1, 0.15) is 5.65 Å². The number of pyridine rings is 1. The number of hydrogen-bond donors (Lipinski definition) is 0. The van der Waals surface area contributed by atoms with Gasteiger partial charge in [-0.2, -0.15) is 4.98 Å². The first-order chi connectivity index (χ1) is 10.1. The minimum absolute atomic E-state index is 0.0200. The van der Waals surface area contributed by atoms with Crippen LogP contribution in [0.5, 0.6) is 0 Å². The molecule has 4 nitrogen and oxygen atoms in total. The number of rotatable bonds is 2. The van der Waals surface area contributed by atoms with Crippen LogP contribution < -0.4 is 5.69 Å². The largest absolute Gasteiger partial charge is 0.350 e. The summed E-state index contributed by atoms with van der Waals surface area (Å²) < 4.78 is 1.65. The average Bonchev–Trinajstić information content (AvgIpc) is 2.46. The van der Waals surface area contributed by atoms with Crippen molar-refractivity contribution in [2.75, 3.05) is 0 Å². The van der Waals surface area contributed by atoms with Crippen molar-refractivity contribution < 1.29 is 0 Å². The minimum Gasteiger partial charge on any atom is -0.273 e. The Labute approximate surface area is 123 Å². The van der Waals surface area contributed by atoms with Gasteiger partial charge in [0.15, 0.2) is 0 Å². The highest BCUT2D eigenvalue weighted by atomic mass is 16.1. The smallest absolute Gasteiger partial charge is 0.273 e. The molecule has 0 atom stereocenters. The second kappa shape index (κ2) is 5.13. The second-order valence-electron chi connectivity index (χ2n) is 5.40. The van der Waals surface area contributed by atoms with E-state index in [-0.39, 0.29) is 11.7 Å². The lowest BCUT2D eigenvalue weighted by molar-refractivity contribution is 0.581. The quantitative estimate of drug-likeness (QED) is 0.722. The van der Waals surface area contributed by atoms with Gasteiger partial charge in [0.25, 0.3) is 0 Å². The molecule has 3 aromatic rings. The van der Waals surface area contributed by atoms with E-state index in [1.165, 1.54) is 0 Å². The van der Waals surface area contributed by atoms with Gasteiger partial charge in [-0.3, -0.25) is 4.57 Å². The zero-order chi connectivity index (χ0) is 15.0. The normalized spacial score (nSPS) is 11.2. The lowest BCUT2D eigenvalue weighted by Crippen LogP contribution is -2.26. The Hall–Kier alpha value is -2.49. The van der Waals surface area contributed by atoms with Crippen molar-refractivity contribution in [3.8, 4) is 11.3 Å². The van der Waals surface area contributed by atoms with Crippen LogP contribution in [0.2, 0.25) is 0 Å². The maximum Gasteiger partial charge on any atom is 0.350 e. The van der Waals surface area contributed by atoms with Crippen molar-refractivity contribution >= 4 is 11.0 Å². The average molecular weight is 279 g/mol. The van der Waals surface area contributed by atoms with Gasteiger partial charge in [0.2, 0.25) is 0 Å². The van der Waals surface area contributed by atoms with E-state index >= 15 is 0 Å². The minimum atomic E-state index is -0.255. The molecule has 0 aliphatic carbocycles. The molecule has 1 aromatic carbocycles. The first-order valence-electron chi connectivity index (χ1n) is 7.03. The summed E-state index contributed by atoms with van der Waals surface area (Å²) in [5.41, 5.74) is 2.96. The van der Waals surface area contributed by atoms with E-state index in [1.54, 1.807) is 4.57 Å². The molecule has 2 aromatic heterocycles. The van der Waals surface area contributed by atoms with E-state index in [2.05, 4.69) is 9.97 Å². The number of nitrogens with zero attached hydrogens (tertiary/aromatic N) is 3. The van der Waals surface area contributed by atoms with E-state index in [0.717, 1.165) is 16.6 Å². The van der Waals surface area contributed by atoms with E-state index in [9.17, 15) is 4.79 Å². The van der Waals surface area contributed by atoms with Crippen LogP contribution in [0.15, 0.2) is 47.3 Å². The Morgan fingerprint density at radius 2 is 1.71 bits per heavy atom. The Balaban J connectivity index is 2.44. The van der Waals surface area contributed by atoms with Crippen molar-refractivity contribution in [3.63, 3.8) is 0 Å². The Kier molecular flexibility index (Phi) is 3.29. The van der Waals surface area contributed by atoms with Crippen LogP contribution in [0.25, 0.3) is 22.3 Å². The van der Waals surface area contributed by atoms with Crippen molar-refractivity contribution in [2.24, 2.45) is 0 Å². The summed E-state index contributed by atoms with van der Waals surface area (Å²) in [4.78, 5) is 21.2. The number of aryl methyl sites for hydroxylation is 1. The molecule has 0 fully saturated rings. The summed E-state index contributed by atoms with van der Waals surface area (Å²) in [6.45, 7) is 5.86. The van der Waals surface area contributed by atoms with E-state index in [4.69, 9.17) is 0 Å². The number of benzene rings is 1. The molecule has 0 bridgehead atoms. The van der Waals surface area contributed by atoms with Crippen molar-refractivity contribution in [2.45, 2.75) is 26.8 Å². The van der Waals surface area contributed by atoms with Crippen LogP contribution in [0.3, 0.4) is 0 Å². The molecule has 4 heteroatoms. The zero-order valence-electron chi connectivity index (χ0n) is 12.4. The molecule has 106 valence electrons. The predicted octanol–water partition coefficient (Wildman–Crippen LogP) is 3.35. The fraction of sp³-hybridized carbons (Fsp3) is 0.235. The van der Waals surface area contributed by atoms with Crippen molar-refractivity contribution in [1.29, 1.82) is 0 Å². The van der Waals surface area contributed by atoms with Gasteiger partial charge >= 0.3 is 5.69 Å². The monoisotopic (exact) mass is 279 g/mol. The van der Waals surface area contributed by atoms with E-state index in [0.29, 0.717) is 11.3 Å². The predicted molar refractivity (Wildman–Crippen MR) is 84.4 cm³/mol. The molecular weight excluding hydrogens is 262 g/mol. The molecular formula is C17H17N3O. The molecule has 21 heavy (non-hydrogen) atoms. The maximum atomic E-state index is 12.4. The van der Waals surface area contributed by atoms with Gasteiger partial charge in [-0.25, -0.2) is 9.78 Å². The molecule has 0 aliphatic rings. The summed E-state index contributed by atoms with van der Waals surface area (Å²) in [6, 6.07) is 13.7. The third-order valence-corrected chi connectivity index (χ3v) is 3.47. The lowest BCUT2D eigenvalue weighted by Gasteiger charge is -2.15. The maximum absolute atomic E-state index is 12.4. The Morgan fingerprint density at radius 3 is 2.38 bits per heavy atom. The van der Waals surface area contributed by atoms with Gasteiger partial charge < -0.3 is 0 Å².